The number of nitrogens with one attached hydrogen (secondary N) is 2. The van der Waals surface area contributed by atoms with Gasteiger partial charge in [-0.25, -0.2) is 9.59 Å². The second-order valence-corrected chi connectivity index (χ2v) is 7.07. The molecule has 0 saturated heterocycles. The maximum atomic E-state index is 13.1. The zero-order valence-electron chi connectivity index (χ0n) is 17.2. The van der Waals surface area contributed by atoms with Crippen LogP contribution in [0.2, 0.25) is 0 Å². The molecule has 3 rings (SSSR count). The van der Waals surface area contributed by atoms with Crippen molar-refractivity contribution in [2.24, 2.45) is 5.73 Å². The highest BCUT2D eigenvalue weighted by Gasteiger charge is 2.26. The Morgan fingerprint density at radius 3 is 2.19 bits per heavy atom. The van der Waals surface area contributed by atoms with E-state index in [1.807, 2.05) is 38.1 Å². The van der Waals surface area contributed by atoms with Crippen LogP contribution in [0.5, 0.6) is 0 Å². The summed E-state index contributed by atoms with van der Waals surface area (Å²) in [5.74, 6) is -1.13. The number of amides is 3. The fourth-order valence-electron chi connectivity index (χ4n) is 2.98. The van der Waals surface area contributed by atoms with Crippen LogP contribution in [0.1, 0.15) is 33.2 Å². The van der Waals surface area contributed by atoms with Gasteiger partial charge >= 0.3 is 12.0 Å². The highest BCUT2D eigenvalue weighted by molar-refractivity contribution is 5.99. The molecule has 158 valence electrons. The summed E-state index contributed by atoms with van der Waals surface area (Å²) in [4.78, 5) is 36.7. The van der Waals surface area contributed by atoms with Crippen molar-refractivity contribution in [1.29, 1.82) is 0 Å². The standard InChI is InChI=1S/C24H23N3O4/c1-15-8-9-16(2)20(14-15)27-22(28)21(17-6-4-3-5-7-17)31-23(29)18-10-12-19(13-11-18)26-24(25)30/h3-14,21H,1-2H3,(H,27,28)(H3,25,26,30). The molecule has 1 atom stereocenters. The largest absolute Gasteiger partial charge is 0.444 e. The Hall–Kier alpha value is -4.13. The van der Waals surface area contributed by atoms with E-state index in [1.165, 1.54) is 24.3 Å². The van der Waals surface area contributed by atoms with E-state index in [0.717, 1.165) is 11.1 Å². The summed E-state index contributed by atoms with van der Waals surface area (Å²) in [6.07, 6.45) is -1.14. The minimum Gasteiger partial charge on any atom is -0.444 e. The zero-order valence-corrected chi connectivity index (χ0v) is 17.2. The maximum absolute atomic E-state index is 13.1. The number of nitrogens with two attached hydrogens (primary N) is 1. The number of primary amides is 1. The van der Waals surface area contributed by atoms with Gasteiger partial charge in [-0.1, -0.05) is 42.5 Å². The summed E-state index contributed by atoms with van der Waals surface area (Å²) in [6, 6.07) is 19.8. The van der Waals surface area contributed by atoms with Gasteiger partial charge in [0.05, 0.1) is 5.56 Å². The number of aryl methyl sites for hydroxylation is 2. The molecule has 3 aromatic rings. The lowest BCUT2D eigenvalue weighted by molar-refractivity contribution is -0.125. The smallest absolute Gasteiger partial charge is 0.339 e. The molecule has 0 fully saturated rings. The third kappa shape index (κ3) is 5.70. The summed E-state index contributed by atoms with van der Waals surface area (Å²) in [7, 11) is 0. The fourth-order valence-corrected chi connectivity index (χ4v) is 2.98. The van der Waals surface area contributed by atoms with Gasteiger partial charge in [0.2, 0.25) is 6.10 Å². The number of carbonyl (C=O) groups is 3. The molecule has 0 aliphatic rings. The number of esters is 1. The van der Waals surface area contributed by atoms with Crippen molar-refractivity contribution < 1.29 is 19.1 Å². The molecule has 0 heterocycles. The minimum atomic E-state index is -1.14. The van der Waals surface area contributed by atoms with E-state index in [-0.39, 0.29) is 5.56 Å². The SMILES string of the molecule is Cc1ccc(C)c(NC(=O)C(OC(=O)c2ccc(NC(N)=O)cc2)c2ccccc2)c1. The van der Waals surface area contributed by atoms with Crippen molar-refractivity contribution in [1.82, 2.24) is 0 Å². The molecule has 7 heteroatoms. The highest BCUT2D eigenvalue weighted by atomic mass is 16.5. The van der Waals surface area contributed by atoms with Crippen molar-refractivity contribution in [2.45, 2.75) is 20.0 Å². The van der Waals surface area contributed by atoms with Crippen LogP contribution in [0.15, 0.2) is 72.8 Å². The first-order valence-electron chi connectivity index (χ1n) is 9.64. The molecule has 0 bridgehead atoms. The van der Waals surface area contributed by atoms with E-state index in [4.69, 9.17) is 10.5 Å². The van der Waals surface area contributed by atoms with Crippen LogP contribution in [0.3, 0.4) is 0 Å². The van der Waals surface area contributed by atoms with Gasteiger partial charge < -0.3 is 21.1 Å². The zero-order chi connectivity index (χ0) is 22.4. The normalized spacial score (nSPS) is 11.3. The first-order valence-corrected chi connectivity index (χ1v) is 9.64. The van der Waals surface area contributed by atoms with E-state index >= 15 is 0 Å². The Kier molecular flexibility index (Phi) is 6.67. The Bertz CT molecular complexity index is 1100. The number of hydrogen-bond acceptors (Lipinski definition) is 4. The predicted molar refractivity (Wildman–Crippen MR) is 119 cm³/mol. The Labute approximate surface area is 180 Å². The predicted octanol–water partition coefficient (Wildman–Crippen LogP) is 4.33. The van der Waals surface area contributed by atoms with Crippen LogP contribution in [0, 0.1) is 13.8 Å². The Morgan fingerprint density at radius 1 is 0.871 bits per heavy atom. The molecular weight excluding hydrogens is 394 g/mol. The number of urea groups is 1. The molecule has 4 N–H and O–H groups in total. The van der Waals surface area contributed by atoms with Gasteiger partial charge in [0, 0.05) is 16.9 Å². The summed E-state index contributed by atoms with van der Waals surface area (Å²) in [6.45, 7) is 3.82. The van der Waals surface area contributed by atoms with Crippen molar-refractivity contribution in [3.05, 3.63) is 95.1 Å². The maximum Gasteiger partial charge on any atom is 0.339 e. The molecule has 3 amide bonds. The lowest BCUT2D eigenvalue weighted by Crippen LogP contribution is -2.26. The molecule has 1 unspecified atom stereocenters. The Balaban J connectivity index is 1.82. The summed E-state index contributed by atoms with van der Waals surface area (Å²) in [5.41, 5.74) is 8.86. The van der Waals surface area contributed by atoms with Crippen molar-refractivity contribution in [3.63, 3.8) is 0 Å². The lowest BCUT2D eigenvalue weighted by atomic mass is 10.1. The van der Waals surface area contributed by atoms with E-state index in [9.17, 15) is 14.4 Å². The fraction of sp³-hybridized carbons (Fsp3) is 0.125. The molecule has 31 heavy (non-hydrogen) atoms. The molecule has 0 aromatic heterocycles. The molecule has 0 saturated carbocycles. The number of hydrogen-bond donors (Lipinski definition) is 3. The van der Waals surface area contributed by atoms with Crippen LogP contribution in [0.4, 0.5) is 16.2 Å². The van der Waals surface area contributed by atoms with Crippen molar-refractivity contribution >= 4 is 29.3 Å². The summed E-state index contributed by atoms with van der Waals surface area (Å²) in [5, 5.41) is 5.28. The number of anilines is 2. The van der Waals surface area contributed by atoms with Gasteiger partial charge in [0.1, 0.15) is 0 Å². The first kappa shape index (κ1) is 21.6. The molecule has 7 nitrogen and oxygen atoms in total. The number of rotatable bonds is 6. The van der Waals surface area contributed by atoms with Crippen LogP contribution < -0.4 is 16.4 Å². The van der Waals surface area contributed by atoms with Crippen LogP contribution in [-0.4, -0.2) is 17.9 Å². The van der Waals surface area contributed by atoms with Crippen LogP contribution >= 0.6 is 0 Å². The molecule has 3 aromatic carbocycles. The average molecular weight is 417 g/mol. The monoisotopic (exact) mass is 417 g/mol. The number of benzene rings is 3. The van der Waals surface area contributed by atoms with Gasteiger partial charge in [-0.05, 0) is 55.3 Å². The van der Waals surface area contributed by atoms with Gasteiger partial charge in [-0.2, -0.15) is 0 Å². The number of ether oxygens (including phenoxy) is 1. The third-order valence-electron chi connectivity index (χ3n) is 4.60. The molecule has 0 spiro atoms. The quantitative estimate of drug-likeness (QED) is 0.518. The number of carbonyl (C=O) groups excluding carboxylic acids is 3. The summed E-state index contributed by atoms with van der Waals surface area (Å²) < 4.78 is 5.58. The summed E-state index contributed by atoms with van der Waals surface area (Å²) >= 11 is 0. The van der Waals surface area contributed by atoms with Crippen molar-refractivity contribution in [2.75, 3.05) is 10.6 Å². The first-order chi connectivity index (χ1) is 14.8. The van der Waals surface area contributed by atoms with E-state index in [0.29, 0.717) is 16.9 Å². The van der Waals surface area contributed by atoms with Crippen LogP contribution in [0.25, 0.3) is 0 Å². The van der Waals surface area contributed by atoms with E-state index in [2.05, 4.69) is 10.6 Å². The van der Waals surface area contributed by atoms with Crippen LogP contribution in [-0.2, 0) is 9.53 Å². The second-order valence-electron chi connectivity index (χ2n) is 7.07. The van der Waals surface area contributed by atoms with E-state index in [1.54, 1.807) is 24.3 Å². The second kappa shape index (κ2) is 9.58. The van der Waals surface area contributed by atoms with Gasteiger partial charge in [0.25, 0.3) is 5.91 Å². The molecule has 0 aliphatic heterocycles. The topological polar surface area (TPSA) is 111 Å². The molecule has 0 aliphatic carbocycles. The lowest BCUT2D eigenvalue weighted by Gasteiger charge is -2.19. The van der Waals surface area contributed by atoms with E-state index < -0.39 is 24.0 Å². The molecule has 0 radical (unpaired) electrons. The van der Waals surface area contributed by atoms with Gasteiger partial charge in [0.15, 0.2) is 0 Å². The average Bonchev–Trinajstić information content (AvgIpc) is 2.75. The highest BCUT2D eigenvalue weighted by Crippen LogP contribution is 2.24. The Morgan fingerprint density at radius 2 is 1.55 bits per heavy atom. The van der Waals surface area contributed by atoms with Crippen molar-refractivity contribution in [3.8, 4) is 0 Å². The minimum absolute atomic E-state index is 0.232. The van der Waals surface area contributed by atoms with Gasteiger partial charge in [-0.15, -0.1) is 0 Å². The molecular formula is C24H23N3O4. The van der Waals surface area contributed by atoms with Gasteiger partial charge in [-0.3, -0.25) is 4.79 Å². The third-order valence-corrected chi connectivity index (χ3v) is 4.60.